The number of halogens is 1. The molecule has 2 aromatic carbocycles. The van der Waals surface area contributed by atoms with Crippen LogP contribution in [0.5, 0.6) is 5.75 Å². The minimum atomic E-state index is -3.98. The Kier molecular flexibility index (Phi) is 6.76. The van der Waals surface area contributed by atoms with Crippen LogP contribution in [0.3, 0.4) is 0 Å². The van der Waals surface area contributed by atoms with Gasteiger partial charge in [0.25, 0.3) is 15.9 Å². The molecule has 0 saturated carbocycles. The van der Waals surface area contributed by atoms with E-state index in [0.29, 0.717) is 18.6 Å². The zero-order valence-electron chi connectivity index (χ0n) is 18.8. The fraction of sp³-hybridized carbons (Fsp3) is 0.391. The summed E-state index contributed by atoms with van der Waals surface area (Å²) >= 11 is 0. The number of carbonyl (C=O) groups is 2. The van der Waals surface area contributed by atoms with E-state index in [2.05, 4.69) is 10.0 Å². The first-order valence-electron chi connectivity index (χ1n) is 10.9. The van der Waals surface area contributed by atoms with Crippen molar-refractivity contribution in [2.75, 3.05) is 25.4 Å². The summed E-state index contributed by atoms with van der Waals surface area (Å²) in [5, 5.41) is 2.59. The first kappa shape index (κ1) is 24.0. The highest BCUT2D eigenvalue weighted by atomic mass is 32.2. The maximum atomic E-state index is 13.3. The van der Waals surface area contributed by atoms with Crippen LogP contribution in [0.1, 0.15) is 29.6 Å². The quantitative estimate of drug-likeness (QED) is 0.663. The van der Waals surface area contributed by atoms with E-state index in [1.54, 1.807) is 19.0 Å². The second-order valence-electron chi connectivity index (χ2n) is 8.32. The average molecular weight is 492 g/mol. The summed E-state index contributed by atoms with van der Waals surface area (Å²) in [7, 11) is -0.729. The van der Waals surface area contributed by atoms with Gasteiger partial charge in [-0.15, -0.1) is 0 Å². The largest absolute Gasteiger partial charge is 0.490 e. The van der Waals surface area contributed by atoms with E-state index in [0.717, 1.165) is 24.3 Å². The summed E-state index contributed by atoms with van der Waals surface area (Å²) in [5.41, 5.74) is 0.392. The Hall–Kier alpha value is -3.18. The minimum Gasteiger partial charge on any atom is -0.490 e. The van der Waals surface area contributed by atoms with E-state index in [-0.39, 0.29) is 53.1 Å². The summed E-state index contributed by atoms with van der Waals surface area (Å²) in [6.07, 6.45) is 0.851. The van der Waals surface area contributed by atoms with E-state index in [1.807, 2.05) is 0 Å². The number of nitrogens with zero attached hydrogens (tertiary/aromatic N) is 1. The van der Waals surface area contributed by atoms with Crippen molar-refractivity contribution >= 4 is 27.5 Å². The van der Waals surface area contributed by atoms with Gasteiger partial charge in [0.1, 0.15) is 24.3 Å². The molecular weight excluding hydrogens is 465 g/mol. The predicted molar refractivity (Wildman–Crippen MR) is 122 cm³/mol. The van der Waals surface area contributed by atoms with Crippen molar-refractivity contribution in [1.82, 2.24) is 10.2 Å². The molecule has 2 aromatic rings. The smallest absolute Gasteiger partial charge is 0.261 e. The SMILES string of the molecule is CNC(=O)C[C@@H]1CC[C@@H]2[C@@H](COc3ccc(NS(=O)(=O)c4ccc(F)cc4)cc3C(=O)N2C)O1. The van der Waals surface area contributed by atoms with Gasteiger partial charge in [0.15, 0.2) is 0 Å². The van der Waals surface area contributed by atoms with Gasteiger partial charge in [-0.05, 0) is 55.3 Å². The van der Waals surface area contributed by atoms with Crippen LogP contribution in [0.2, 0.25) is 0 Å². The number of sulfonamides is 1. The van der Waals surface area contributed by atoms with Crippen LogP contribution in [0.4, 0.5) is 10.1 Å². The molecule has 0 bridgehead atoms. The lowest BCUT2D eigenvalue weighted by Crippen LogP contribution is -2.53. The molecule has 4 rings (SSSR count). The molecule has 2 N–H and O–H groups in total. The first-order chi connectivity index (χ1) is 16.2. The number of carbonyl (C=O) groups excluding carboxylic acids is 2. The number of hydrogen-bond donors (Lipinski definition) is 2. The molecule has 2 aliphatic heterocycles. The molecule has 1 saturated heterocycles. The maximum Gasteiger partial charge on any atom is 0.261 e. The van der Waals surface area contributed by atoms with Gasteiger partial charge >= 0.3 is 0 Å². The highest BCUT2D eigenvalue weighted by molar-refractivity contribution is 7.92. The second kappa shape index (κ2) is 9.59. The zero-order valence-corrected chi connectivity index (χ0v) is 19.6. The lowest BCUT2D eigenvalue weighted by molar-refractivity contribution is -0.133. The summed E-state index contributed by atoms with van der Waals surface area (Å²) in [6.45, 7) is 0.181. The topological polar surface area (TPSA) is 114 Å². The highest BCUT2D eigenvalue weighted by Gasteiger charge is 2.39. The molecule has 3 atom stereocenters. The van der Waals surface area contributed by atoms with Crippen LogP contribution in [0.15, 0.2) is 47.4 Å². The average Bonchev–Trinajstić information content (AvgIpc) is 2.81. The molecule has 0 unspecified atom stereocenters. The molecule has 1 fully saturated rings. The van der Waals surface area contributed by atoms with Gasteiger partial charge in [-0.3, -0.25) is 14.3 Å². The number of likely N-dealkylation sites (N-methyl/N-ethyl adjacent to an activating group) is 1. The number of benzene rings is 2. The van der Waals surface area contributed by atoms with E-state index in [4.69, 9.17) is 9.47 Å². The number of amides is 2. The molecular formula is C23H26FN3O6S. The summed E-state index contributed by atoms with van der Waals surface area (Å²) in [6, 6.07) is 8.63. The van der Waals surface area contributed by atoms with Gasteiger partial charge in [-0.1, -0.05) is 0 Å². The van der Waals surface area contributed by atoms with Crippen LogP contribution >= 0.6 is 0 Å². The number of fused-ring (bicyclic) bond motifs is 2. The number of ether oxygens (including phenoxy) is 2. The Labute approximate surface area is 197 Å². The Morgan fingerprint density at radius 1 is 1.18 bits per heavy atom. The molecule has 34 heavy (non-hydrogen) atoms. The Morgan fingerprint density at radius 2 is 1.91 bits per heavy atom. The van der Waals surface area contributed by atoms with Gasteiger partial charge < -0.3 is 19.7 Å². The Balaban J connectivity index is 1.55. The van der Waals surface area contributed by atoms with E-state index < -0.39 is 21.9 Å². The molecule has 0 aromatic heterocycles. The Morgan fingerprint density at radius 3 is 2.62 bits per heavy atom. The summed E-state index contributed by atoms with van der Waals surface area (Å²) in [4.78, 5) is 26.5. The summed E-state index contributed by atoms with van der Waals surface area (Å²) in [5.74, 6) is -0.686. The molecule has 0 radical (unpaired) electrons. The molecule has 0 spiro atoms. The highest BCUT2D eigenvalue weighted by Crippen LogP contribution is 2.33. The number of rotatable bonds is 5. The van der Waals surface area contributed by atoms with Gasteiger partial charge in [0.05, 0.1) is 29.0 Å². The monoisotopic (exact) mass is 491 g/mol. The van der Waals surface area contributed by atoms with E-state index in [1.165, 1.54) is 18.2 Å². The van der Waals surface area contributed by atoms with Crippen LogP contribution in [0, 0.1) is 5.82 Å². The summed E-state index contributed by atoms with van der Waals surface area (Å²) < 4.78 is 52.9. The van der Waals surface area contributed by atoms with Gasteiger partial charge in [-0.25, -0.2) is 12.8 Å². The zero-order chi connectivity index (χ0) is 24.5. The standard InChI is InChI=1S/C23H26FN3O6S/c1-25-22(28)12-16-6-9-19-21(33-16)13-32-20-10-5-15(11-18(20)23(29)27(19)2)26-34(30,31)17-7-3-14(24)4-8-17/h3-5,7-8,10-11,16,19,21,26H,6,9,12-13H2,1-2H3,(H,25,28)/t16-,19+,21+/m0/s1. The van der Waals surface area contributed by atoms with Gasteiger partial charge in [-0.2, -0.15) is 0 Å². The predicted octanol–water partition coefficient (Wildman–Crippen LogP) is 2.14. The fourth-order valence-corrected chi connectivity index (χ4v) is 5.28. The third kappa shape index (κ3) is 5.00. The molecule has 0 aliphatic carbocycles. The molecule has 9 nitrogen and oxygen atoms in total. The molecule has 2 heterocycles. The molecule has 2 aliphatic rings. The van der Waals surface area contributed by atoms with Crippen molar-refractivity contribution in [2.24, 2.45) is 0 Å². The molecule has 182 valence electrons. The normalized spacial score (nSPS) is 22.5. The van der Waals surface area contributed by atoms with Crippen LogP contribution < -0.4 is 14.8 Å². The fourth-order valence-electron chi connectivity index (χ4n) is 4.23. The number of nitrogens with one attached hydrogen (secondary N) is 2. The third-order valence-electron chi connectivity index (χ3n) is 6.08. The first-order valence-corrected chi connectivity index (χ1v) is 12.3. The van der Waals surface area contributed by atoms with Crippen molar-refractivity contribution in [1.29, 1.82) is 0 Å². The molecule has 11 heteroatoms. The van der Waals surface area contributed by atoms with Crippen molar-refractivity contribution in [3.63, 3.8) is 0 Å². The maximum absolute atomic E-state index is 13.3. The van der Waals surface area contributed by atoms with Crippen molar-refractivity contribution in [3.8, 4) is 5.75 Å². The van der Waals surface area contributed by atoms with Crippen LogP contribution in [-0.4, -0.2) is 64.1 Å². The van der Waals surface area contributed by atoms with Crippen molar-refractivity contribution < 1.29 is 31.9 Å². The number of anilines is 1. The lowest BCUT2D eigenvalue weighted by atomic mass is 9.94. The minimum absolute atomic E-state index is 0.103. The molecule has 2 amide bonds. The Bertz CT molecular complexity index is 1190. The van der Waals surface area contributed by atoms with E-state index in [9.17, 15) is 22.4 Å². The van der Waals surface area contributed by atoms with Crippen molar-refractivity contribution in [3.05, 3.63) is 53.8 Å². The van der Waals surface area contributed by atoms with Gasteiger partial charge in [0.2, 0.25) is 5.91 Å². The van der Waals surface area contributed by atoms with E-state index >= 15 is 0 Å². The van der Waals surface area contributed by atoms with Crippen molar-refractivity contribution in [2.45, 2.75) is 42.4 Å². The second-order valence-corrected chi connectivity index (χ2v) is 10.00. The lowest BCUT2D eigenvalue weighted by Gasteiger charge is -2.42. The van der Waals surface area contributed by atoms with Crippen LogP contribution in [-0.2, 0) is 19.6 Å². The number of hydrogen-bond acceptors (Lipinski definition) is 6. The van der Waals surface area contributed by atoms with Crippen LogP contribution in [0.25, 0.3) is 0 Å². The van der Waals surface area contributed by atoms with Gasteiger partial charge in [0, 0.05) is 19.8 Å². The third-order valence-corrected chi connectivity index (χ3v) is 7.48.